The highest BCUT2D eigenvalue weighted by atomic mass is 19.1. The first kappa shape index (κ1) is 25.4. The summed E-state index contributed by atoms with van der Waals surface area (Å²) in [6.45, 7) is 10.1. The molecule has 0 unspecified atom stereocenters. The Bertz CT molecular complexity index is 1350. The van der Waals surface area contributed by atoms with Crippen molar-refractivity contribution in [3.05, 3.63) is 65.1 Å². The molecule has 0 saturated carbocycles. The number of aryl methyl sites for hydroxylation is 1. The summed E-state index contributed by atoms with van der Waals surface area (Å²) in [6, 6.07) is 11.9. The molecule has 3 amide bonds. The van der Waals surface area contributed by atoms with Crippen LogP contribution in [0.15, 0.2) is 42.5 Å². The van der Waals surface area contributed by atoms with Crippen LogP contribution in [0.2, 0.25) is 0 Å². The SMILES string of the molecule is CC(=O)Nc1c2n(c3ccc(F)cc13)C[C@](C)(C(=O)NCCC(C)C)N(Cc1ccccc1C)C2=O. The molecule has 7 nitrogen and oxygen atoms in total. The molecule has 0 spiro atoms. The fourth-order valence-corrected chi connectivity index (χ4v) is 4.82. The molecule has 0 radical (unpaired) electrons. The van der Waals surface area contributed by atoms with E-state index in [4.69, 9.17) is 0 Å². The molecule has 1 aromatic heterocycles. The summed E-state index contributed by atoms with van der Waals surface area (Å²) in [6.07, 6.45) is 0.817. The summed E-state index contributed by atoms with van der Waals surface area (Å²) in [7, 11) is 0. The van der Waals surface area contributed by atoms with E-state index in [-0.39, 0.29) is 36.3 Å². The molecule has 1 aliphatic heterocycles. The van der Waals surface area contributed by atoms with Gasteiger partial charge in [0.25, 0.3) is 5.91 Å². The van der Waals surface area contributed by atoms with Crippen LogP contribution in [0.25, 0.3) is 10.9 Å². The summed E-state index contributed by atoms with van der Waals surface area (Å²) in [4.78, 5) is 41.5. The molecular weight excluding hydrogens is 459 g/mol. The summed E-state index contributed by atoms with van der Waals surface area (Å²) in [5.74, 6) is -1.07. The third kappa shape index (κ3) is 4.59. The molecule has 2 N–H and O–H groups in total. The third-order valence-corrected chi connectivity index (χ3v) is 6.92. The van der Waals surface area contributed by atoms with Crippen molar-refractivity contribution in [2.45, 2.75) is 59.7 Å². The number of anilines is 1. The number of nitrogens with zero attached hydrogens (tertiary/aromatic N) is 2. The van der Waals surface area contributed by atoms with Crippen LogP contribution in [-0.4, -0.2) is 39.3 Å². The molecule has 0 bridgehead atoms. The zero-order valence-electron chi connectivity index (χ0n) is 21.4. The molecule has 2 heterocycles. The number of halogens is 1. The molecule has 8 heteroatoms. The number of carbonyl (C=O) groups is 3. The Morgan fingerprint density at radius 3 is 2.56 bits per heavy atom. The van der Waals surface area contributed by atoms with E-state index in [0.717, 1.165) is 17.5 Å². The second-order valence-corrected chi connectivity index (χ2v) is 10.2. The maximum atomic E-state index is 14.2. The Hall–Kier alpha value is -3.68. The molecule has 0 aliphatic carbocycles. The van der Waals surface area contributed by atoms with Gasteiger partial charge in [-0.15, -0.1) is 0 Å². The maximum absolute atomic E-state index is 14.2. The van der Waals surface area contributed by atoms with Crippen molar-refractivity contribution in [2.75, 3.05) is 11.9 Å². The van der Waals surface area contributed by atoms with Crippen molar-refractivity contribution in [3.8, 4) is 0 Å². The molecule has 190 valence electrons. The molecule has 3 aromatic rings. The summed E-state index contributed by atoms with van der Waals surface area (Å²) in [5.41, 5.74) is 1.80. The minimum atomic E-state index is -1.21. The number of nitrogens with one attached hydrogen (secondary N) is 2. The normalized spacial score (nSPS) is 17.4. The van der Waals surface area contributed by atoms with Gasteiger partial charge in [0.2, 0.25) is 11.8 Å². The average Bonchev–Trinajstić information content (AvgIpc) is 3.09. The van der Waals surface area contributed by atoms with Crippen molar-refractivity contribution in [1.29, 1.82) is 0 Å². The van der Waals surface area contributed by atoms with Crippen molar-refractivity contribution in [2.24, 2.45) is 5.92 Å². The smallest absolute Gasteiger partial charge is 0.273 e. The predicted octanol–water partition coefficient (Wildman–Crippen LogP) is 4.62. The van der Waals surface area contributed by atoms with E-state index in [1.807, 2.05) is 31.2 Å². The number of amides is 3. The minimum absolute atomic E-state index is 0.162. The Kier molecular flexibility index (Phi) is 6.89. The highest BCUT2D eigenvalue weighted by Gasteiger charge is 2.49. The van der Waals surface area contributed by atoms with Gasteiger partial charge in [-0.05, 0) is 55.5 Å². The molecule has 0 saturated heterocycles. The van der Waals surface area contributed by atoms with Crippen LogP contribution in [0.1, 0.15) is 55.7 Å². The van der Waals surface area contributed by atoms with Crippen LogP contribution in [0, 0.1) is 18.7 Å². The van der Waals surface area contributed by atoms with Gasteiger partial charge in [-0.3, -0.25) is 14.4 Å². The van der Waals surface area contributed by atoms with Crippen molar-refractivity contribution in [3.63, 3.8) is 0 Å². The van der Waals surface area contributed by atoms with Gasteiger partial charge in [0.05, 0.1) is 17.7 Å². The van der Waals surface area contributed by atoms with Crippen LogP contribution in [-0.2, 0) is 22.7 Å². The monoisotopic (exact) mass is 492 g/mol. The van der Waals surface area contributed by atoms with Gasteiger partial charge in [-0.25, -0.2) is 4.39 Å². The Labute approximate surface area is 210 Å². The van der Waals surface area contributed by atoms with Crippen molar-refractivity contribution < 1.29 is 18.8 Å². The van der Waals surface area contributed by atoms with Crippen molar-refractivity contribution >= 4 is 34.3 Å². The van der Waals surface area contributed by atoms with Gasteiger partial charge in [0.1, 0.15) is 17.1 Å². The van der Waals surface area contributed by atoms with Gasteiger partial charge < -0.3 is 20.1 Å². The van der Waals surface area contributed by atoms with E-state index in [0.29, 0.717) is 23.4 Å². The first-order valence-electron chi connectivity index (χ1n) is 12.3. The van der Waals surface area contributed by atoms with Gasteiger partial charge in [0.15, 0.2) is 0 Å². The third-order valence-electron chi connectivity index (χ3n) is 6.92. The topological polar surface area (TPSA) is 83.4 Å². The summed E-state index contributed by atoms with van der Waals surface area (Å²) >= 11 is 0. The number of hydrogen-bond donors (Lipinski definition) is 2. The fourth-order valence-electron chi connectivity index (χ4n) is 4.82. The van der Waals surface area contributed by atoms with Crippen LogP contribution in [0.5, 0.6) is 0 Å². The number of rotatable bonds is 7. The molecule has 2 aromatic carbocycles. The van der Waals surface area contributed by atoms with E-state index in [2.05, 4.69) is 24.5 Å². The lowest BCUT2D eigenvalue weighted by molar-refractivity contribution is -0.133. The van der Waals surface area contributed by atoms with E-state index in [9.17, 15) is 18.8 Å². The lowest BCUT2D eigenvalue weighted by Crippen LogP contribution is -2.63. The van der Waals surface area contributed by atoms with Gasteiger partial charge >= 0.3 is 0 Å². The highest BCUT2D eigenvalue weighted by Crippen LogP contribution is 2.39. The van der Waals surface area contributed by atoms with Crippen molar-refractivity contribution in [1.82, 2.24) is 14.8 Å². The van der Waals surface area contributed by atoms with E-state index < -0.39 is 17.3 Å². The van der Waals surface area contributed by atoms with Gasteiger partial charge in [0, 0.05) is 25.4 Å². The van der Waals surface area contributed by atoms with E-state index in [1.54, 1.807) is 22.5 Å². The van der Waals surface area contributed by atoms with Crippen LogP contribution in [0.3, 0.4) is 0 Å². The van der Waals surface area contributed by atoms with Crippen LogP contribution < -0.4 is 10.6 Å². The quantitative estimate of drug-likeness (QED) is 0.505. The molecule has 1 aliphatic rings. The molecule has 4 rings (SSSR count). The summed E-state index contributed by atoms with van der Waals surface area (Å²) in [5, 5.41) is 6.19. The van der Waals surface area contributed by atoms with Crippen LogP contribution >= 0.6 is 0 Å². The van der Waals surface area contributed by atoms with E-state index in [1.165, 1.54) is 19.1 Å². The second kappa shape index (κ2) is 9.76. The molecular formula is C28H33FN4O3. The average molecular weight is 493 g/mol. The molecule has 36 heavy (non-hydrogen) atoms. The van der Waals surface area contributed by atoms with Crippen LogP contribution in [0.4, 0.5) is 10.1 Å². The van der Waals surface area contributed by atoms with E-state index >= 15 is 0 Å². The van der Waals surface area contributed by atoms with Gasteiger partial charge in [-0.2, -0.15) is 0 Å². The lowest BCUT2D eigenvalue weighted by Gasteiger charge is -2.44. The number of aromatic nitrogens is 1. The largest absolute Gasteiger partial charge is 0.354 e. The zero-order valence-corrected chi connectivity index (χ0v) is 21.4. The first-order chi connectivity index (χ1) is 17.0. The number of benzene rings is 2. The second-order valence-electron chi connectivity index (χ2n) is 10.2. The van der Waals surface area contributed by atoms with Gasteiger partial charge in [-0.1, -0.05) is 38.1 Å². The lowest BCUT2D eigenvalue weighted by atomic mass is 9.93. The first-order valence-corrected chi connectivity index (χ1v) is 12.3. The predicted molar refractivity (Wildman–Crippen MR) is 138 cm³/mol. The minimum Gasteiger partial charge on any atom is -0.354 e. The zero-order chi connectivity index (χ0) is 26.2. The Morgan fingerprint density at radius 1 is 1.17 bits per heavy atom. The molecule has 1 atom stereocenters. The maximum Gasteiger partial charge on any atom is 0.273 e. The number of hydrogen-bond acceptors (Lipinski definition) is 3. The standard InChI is InChI=1S/C28H33FN4O3/c1-17(2)12-13-30-27(36)28(5)16-32-23-11-10-21(29)14-22(23)24(31-19(4)34)25(32)26(35)33(28)15-20-9-7-6-8-18(20)3/h6-11,14,17H,12-13,15-16H2,1-5H3,(H,30,36)(H,31,34)/t28-/m1/s1. The Balaban J connectivity index is 1.87. The highest BCUT2D eigenvalue weighted by molar-refractivity contribution is 6.14. The summed E-state index contributed by atoms with van der Waals surface area (Å²) < 4.78 is 16.0. The molecule has 0 fully saturated rings. The number of carbonyl (C=O) groups excluding carboxylic acids is 3. The Morgan fingerprint density at radius 2 is 1.89 bits per heavy atom. The fraction of sp³-hybridized carbons (Fsp3) is 0.393. The number of fused-ring (bicyclic) bond motifs is 3.